The summed E-state index contributed by atoms with van der Waals surface area (Å²) in [6.07, 6.45) is -2.35. The maximum Gasteiger partial charge on any atom is 0.416 e. The number of rotatable bonds is 6. The van der Waals surface area contributed by atoms with Crippen LogP contribution in [0.25, 0.3) is 0 Å². The summed E-state index contributed by atoms with van der Waals surface area (Å²) in [5.41, 5.74) is -0.654. The highest BCUT2D eigenvalue weighted by Crippen LogP contribution is 2.31. The maximum absolute atomic E-state index is 12.7. The summed E-state index contributed by atoms with van der Waals surface area (Å²) < 4.78 is 53.7. The Kier molecular flexibility index (Phi) is 5.69. The largest absolute Gasteiger partial charge is 0.484 e. The number of ether oxygens (including phenoxy) is 2. The van der Waals surface area contributed by atoms with E-state index in [9.17, 15) is 18.0 Å². The summed E-state index contributed by atoms with van der Waals surface area (Å²) in [4.78, 5) is 18.2. The monoisotopic (exact) mass is 384 g/mol. The van der Waals surface area contributed by atoms with Gasteiger partial charge in [-0.15, -0.1) is 0 Å². The molecule has 27 heavy (non-hydrogen) atoms. The molecule has 2 heterocycles. The van der Waals surface area contributed by atoms with Crippen molar-refractivity contribution in [3.63, 3.8) is 0 Å². The second kappa shape index (κ2) is 7.99. The number of benzene rings is 1. The van der Waals surface area contributed by atoms with Gasteiger partial charge in [-0.05, 0) is 24.6 Å². The molecule has 0 N–H and O–H groups in total. The molecule has 0 saturated carbocycles. The number of nitrogens with zero attached hydrogens (tertiary/aromatic N) is 2. The van der Waals surface area contributed by atoms with Crippen LogP contribution in [-0.2, 0) is 17.5 Å². The van der Waals surface area contributed by atoms with Crippen LogP contribution < -0.4 is 4.74 Å². The minimum Gasteiger partial charge on any atom is -0.484 e. The molecule has 1 aromatic carbocycles. The first-order valence-corrected chi connectivity index (χ1v) is 8.39. The van der Waals surface area contributed by atoms with Crippen molar-refractivity contribution >= 4 is 5.91 Å². The Morgan fingerprint density at radius 2 is 2.22 bits per heavy atom. The molecule has 3 rings (SSSR count). The number of halogens is 3. The Morgan fingerprint density at radius 1 is 1.41 bits per heavy atom. The number of likely N-dealkylation sites (tertiary alicyclic amines) is 1. The van der Waals surface area contributed by atoms with E-state index < -0.39 is 11.7 Å². The fourth-order valence-corrected chi connectivity index (χ4v) is 2.93. The number of alkyl halides is 3. The fraction of sp³-hybridized carbons (Fsp3) is 0.444. The molecule has 1 amide bonds. The first-order chi connectivity index (χ1) is 12.9. The normalized spacial score (nSPS) is 17.3. The number of methoxy groups -OCH3 is 1. The molecule has 0 radical (unpaired) electrons. The predicted molar refractivity (Wildman–Crippen MR) is 88.2 cm³/mol. The van der Waals surface area contributed by atoms with Crippen LogP contribution in [-0.4, -0.2) is 42.6 Å². The van der Waals surface area contributed by atoms with Gasteiger partial charge in [0.25, 0.3) is 5.91 Å². The van der Waals surface area contributed by atoms with Crippen LogP contribution in [0.2, 0.25) is 0 Å². The molecule has 0 bridgehead atoms. The zero-order chi connectivity index (χ0) is 19.4. The minimum atomic E-state index is -4.45. The van der Waals surface area contributed by atoms with Crippen molar-refractivity contribution < 1.29 is 31.9 Å². The predicted octanol–water partition coefficient (Wildman–Crippen LogP) is 3.38. The van der Waals surface area contributed by atoms with Crippen molar-refractivity contribution in [2.75, 3.05) is 26.8 Å². The zero-order valence-corrected chi connectivity index (χ0v) is 14.7. The Hall–Kier alpha value is -2.55. The van der Waals surface area contributed by atoms with Gasteiger partial charge in [0.2, 0.25) is 5.89 Å². The Labute approximate surface area is 153 Å². The van der Waals surface area contributed by atoms with Crippen molar-refractivity contribution in [3.8, 4) is 5.75 Å². The lowest BCUT2D eigenvalue weighted by Gasteiger charge is -2.14. The van der Waals surface area contributed by atoms with E-state index in [1.54, 1.807) is 12.0 Å². The van der Waals surface area contributed by atoms with E-state index >= 15 is 0 Å². The number of carbonyl (C=O) groups excluding carboxylic acids is 1. The van der Waals surface area contributed by atoms with Crippen molar-refractivity contribution in [2.24, 2.45) is 5.92 Å². The summed E-state index contributed by atoms with van der Waals surface area (Å²) in [6.45, 7) is 1.63. The van der Waals surface area contributed by atoms with E-state index in [1.807, 2.05) is 0 Å². The quantitative estimate of drug-likeness (QED) is 0.764. The topological polar surface area (TPSA) is 64.8 Å². The van der Waals surface area contributed by atoms with E-state index in [2.05, 4.69) is 4.98 Å². The number of aromatic nitrogens is 1. The molecular weight excluding hydrogens is 365 g/mol. The van der Waals surface area contributed by atoms with E-state index in [0.29, 0.717) is 25.6 Å². The molecule has 146 valence electrons. The van der Waals surface area contributed by atoms with Gasteiger partial charge in [0.05, 0.1) is 12.2 Å². The van der Waals surface area contributed by atoms with Crippen LogP contribution in [0.15, 0.2) is 34.9 Å². The second-order valence-electron chi connectivity index (χ2n) is 6.30. The molecule has 1 aliphatic heterocycles. The van der Waals surface area contributed by atoms with Crippen LogP contribution in [0.3, 0.4) is 0 Å². The number of hydrogen-bond donors (Lipinski definition) is 0. The highest BCUT2D eigenvalue weighted by molar-refractivity contribution is 5.92. The molecule has 0 unspecified atom stereocenters. The average Bonchev–Trinajstić information content (AvgIpc) is 3.29. The third-order valence-corrected chi connectivity index (χ3v) is 4.27. The van der Waals surface area contributed by atoms with E-state index in [4.69, 9.17) is 13.9 Å². The third kappa shape index (κ3) is 4.79. The molecule has 2 aromatic rings. The van der Waals surface area contributed by atoms with Gasteiger partial charge in [0, 0.05) is 26.1 Å². The van der Waals surface area contributed by atoms with Gasteiger partial charge in [0.1, 0.15) is 12.0 Å². The minimum absolute atomic E-state index is 0.0397. The van der Waals surface area contributed by atoms with Crippen LogP contribution in [0, 0.1) is 5.92 Å². The van der Waals surface area contributed by atoms with Crippen molar-refractivity contribution in [1.29, 1.82) is 0 Å². The molecule has 1 atom stereocenters. The first kappa shape index (κ1) is 19.2. The molecule has 6 nitrogen and oxygen atoms in total. The number of hydrogen-bond acceptors (Lipinski definition) is 5. The second-order valence-corrected chi connectivity index (χ2v) is 6.30. The van der Waals surface area contributed by atoms with Crippen LogP contribution in [0.5, 0.6) is 5.75 Å². The van der Waals surface area contributed by atoms with E-state index in [1.165, 1.54) is 18.4 Å². The van der Waals surface area contributed by atoms with Crippen LogP contribution in [0.1, 0.15) is 28.4 Å². The number of amides is 1. The molecule has 9 heteroatoms. The highest BCUT2D eigenvalue weighted by Gasteiger charge is 2.31. The summed E-state index contributed by atoms with van der Waals surface area (Å²) in [6, 6.07) is 4.52. The molecule has 1 aliphatic rings. The van der Waals surface area contributed by atoms with Crippen molar-refractivity contribution in [1.82, 2.24) is 9.88 Å². The lowest BCUT2D eigenvalue weighted by Crippen LogP contribution is -2.29. The zero-order valence-electron chi connectivity index (χ0n) is 14.7. The van der Waals surface area contributed by atoms with Gasteiger partial charge in [-0.1, -0.05) is 6.07 Å². The molecule has 1 saturated heterocycles. The highest BCUT2D eigenvalue weighted by atomic mass is 19.4. The fourth-order valence-electron chi connectivity index (χ4n) is 2.93. The van der Waals surface area contributed by atoms with Gasteiger partial charge < -0.3 is 18.8 Å². The molecule has 1 fully saturated rings. The van der Waals surface area contributed by atoms with Crippen molar-refractivity contribution in [2.45, 2.75) is 19.2 Å². The first-order valence-electron chi connectivity index (χ1n) is 8.39. The summed E-state index contributed by atoms with van der Waals surface area (Å²) in [5.74, 6) is 0.207. The lowest BCUT2D eigenvalue weighted by molar-refractivity contribution is -0.137. The van der Waals surface area contributed by atoms with E-state index in [0.717, 1.165) is 18.6 Å². The summed E-state index contributed by atoms with van der Waals surface area (Å²) >= 11 is 0. The Morgan fingerprint density at radius 3 is 2.96 bits per heavy atom. The van der Waals surface area contributed by atoms with E-state index in [-0.39, 0.29) is 29.8 Å². The molecule has 1 aromatic heterocycles. The molecule has 0 aliphatic carbocycles. The van der Waals surface area contributed by atoms with Gasteiger partial charge in [-0.3, -0.25) is 4.79 Å². The average molecular weight is 384 g/mol. The molecule has 0 spiro atoms. The summed E-state index contributed by atoms with van der Waals surface area (Å²) in [5, 5.41) is 0. The van der Waals surface area contributed by atoms with Gasteiger partial charge >= 0.3 is 6.18 Å². The number of carbonyl (C=O) groups is 1. The summed E-state index contributed by atoms with van der Waals surface area (Å²) in [7, 11) is 1.62. The van der Waals surface area contributed by atoms with Crippen LogP contribution >= 0.6 is 0 Å². The van der Waals surface area contributed by atoms with Gasteiger partial charge in [0.15, 0.2) is 12.3 Å². The lowest BCUT2D eigenvalue weighted by atomic mass is 10.1. The maximum atomic E-state index is 12.7. The van der Waals surface area contributed by atoms with Gasteiger partial charge in [-0.2, -0.15) is 13.2 Å². The third-order valence-electron chi connectivity index (χ3n) is 4.27. The SMILES string of the molecule is COC[C@@H]1CCN(C(=O)c2coc(COc3cccc(C(F)(F)F)c3)n2)C1. The van der Waals surface area contributed by atoms with Crippen LogP contribution in [0.4, 0.5) is 13.2 Å². The van der Waals surface area contributed by atoms with Crippen molar-refractivity contribution in [3.05, 3.63) is 47.7 Å². The smallest absolute Gasteiger partial charge is 0.416 e. The van der Waals surface area contributed by atoms with Gasteiger partial charge in [-0.25, -0.2) is 4.98 Å². The Bertz CT molecular complexity index is 791. The molecular formula is C18H19F3N2O4. The number of oxazole rings is 1. The standard InChI is InChI=1S/C18H19F3N2O4/c1-25-9-12-5-6-23(8-12)17(24)15-10-27-16(22-15)11-26-14-4-2-3-13(7-14)18(19,20)21/h2-4,7,10,12H,5-6,8-9,11H2,1H3/t12-/m1/s1. The Balaban J connectivity index is 1.58.